The maximum Gasteiger partial charge on any atom is 0.307 e. The quantitative estimate of drug-likeness (QED) is 0.762. The number of nitrogens with one attached hydrogen (secondary N) is 1. The second kappa shape index (κ2) is 3.67. The Kier molecular flexibility index (Phi) is 2.15. The van der Waals surface area contributed by atoms with Crippen molar-refractivity contribution in [2.24, 2.45) is 9.98 Å². The molecule has 0 spiro atoms. The molecule has 2 N–H and O–H groups in total. The van der Waals surface area contributed by atoms with Gasteiger partial charge in [0.2, 0.25) is 5.88 Å². The van der Waals surface area contributed by atoms with Gasteiger partial charge in [-0.05, 0) is 12.1 Å². The van der Waals surface area contributed by atoms with Crippen LogP contribution in [0.25, 0.3) is 6.08 Å². The van der Waals surface area contributed by atoms with Crippen LogP contribution in [0, 0.1) is 0 Å². The van der Waals surface area contributed by atoms with Gasteiger partial charge >= 0.3 is 4.87 Å². The van der Waals surface area contributed by atoms with E-state index >= 15 is 0 Å². The van der Waals surface area contributed by atoms with Crippen molar-refractivity contribution in [3.05, 3.63) is 55.3 Å². The summed E-state index contributed by atoms with van der Waals surface area (Å²) in [6.45, 7) is 0. The number of benzene rings is 1. The zero-order valence-corrected chi connectivity index (χ0v) is 9.36. The van der Waals surface area contributed by atoms with Crippen LogP contribution in [0.5, 0.6) is 5.88 Å². The molecule has 1 aromatic carbocycles. The lowest BCUT2D eigenvalue weighted by atomic mass is 10.3. The van der Waals surface area contributed by atoms with E-state index in [1.807, 2.05) is 24.3 Å². The number of aromatic hydroxyl groups is 1. The van der Waals surface area contributed by atoms with Crippen molar-refractivity contribution in [3.63, 3.8) is 0 Å². The van der Waals surface area contributed by atoms with E-state index in [1.165, 1.54) is 0 Å². The predicted octanol–water partition coefficient (Wildman–Crippen LogP) is 0.393. The van der Waals surface area contributed by atoms with E-state index in [2.05, 4.69) is 15.0 Å². The highest BCUT2D eigenvalue weighted by Gasteiger charge is 2.07. The fourth-order valence-corrected chi connectivity index (χ4v) is 2.20. The van der Waals surface area contributed by atoms with Crippen molar-refractivity contribution in [3.8, 4) is 5.88 Å². The molecule has 0 radical (unpaired) electrons. The van der Waals surface area contributed by atoms with E-state index < -0.39 is 0 Å². The number of hydrogen-bond acceptors (Lipinski definition) is 5. The lowest BCUT2D eigenvalue weighted by molar-refractivity contribution is 0.455. The number of para-hydroxylation sites is 2. The molecular weight excluding hydrogens is 238 g/mol. The van der Waals surface area contributed by atoms with E-state index in [1.54, 1.807) is 6.08 Å². The maximum atomic E-state index is 11.0. The molecule has 0 amide bonds. The van der Waals surface area contributed by atoms with Crippen LogP contribution in [0.1, 0.15) is 4.88 Å². The molecule has 5 nitrogen and oxygen atoms in total. The first kappa shape index (κ1) is 9.98. The number of rotatable bonds is 1. The monoisotopic (exact) mass is 245 g/mol. The summed E-state index contributed by atoms with van der Waals surface area (Å²) in [6, 6.07) is 7.48. The Labute approximate surface area is 99.1 Å². The molecule has 3 rings (SSSR count). The molecule has 2 heterocycles. The van der Waals surface area contributed by atoms with E-state index in [0.29, 0.717) is 10.7 Å². The van der Waals surface area contributed by atoms with E-state index in [-0.39, 0.29) is 10.8 Å². The van der Waals surface area contributed by atoms with Gasteiger partial charge in [-0.1, -0.05) is 23.5 Å². The van der Waals surface area contributed by atoms with Crippen molar-refractivity contribution in [1.29, 1.82) is 0 Å². The Morgan fingerprint density at radius 2 is 1.88 bits per heavy atom. The van der Waals surface area contributed by atoms with Crippen molar-refractivity contribution in [1.82, 2.24) is 4.98 Å². The second-order valence-electron chi connectivity index (χ2n) is 3.44. The van der Waals surface area contributed by atoms with Crippen LogP contribution >= 0.6 is 11.3 Å². The van der Waals surface area contributed by atoms with Crippen LogP contribution in [-0.4, -0.2) is 10.1 Å². The van der Waals surface area contributed by atoms with E-state index in [9.17, 15) is 9.90 Å². The van der Waals surface area contributed by atoms with Crippen molar-refractivity contribution in [2.45, 2.75) is 0 Å². The second-order valence-corrected chi connectivity index (χ2v) is 4.46. The van der Waals surface area contributed by atoms with Gasteiger partial charge in [0.1, 0.15) is 0 Å². The summed E-state index contributed by atoms with van der Waals surface area (Å²) in [7, 11) is 0. The number of nitrogens with zero attached hydrogens (tertiary/aromatic N) is 2. The largest absolute Gasteiger partial charge is 0.493 e. The third kappa shape index (κ3) is 1.78. The minimum atomic E-state index is -0.301. The Morgan fingerprint density at radius 1 is 1.24 bits per heavy atom. The zero-order valence-electron chi connectivity index (χ0n) is 8.54. The Hall–Kier alpha value is -2.21. The lowest BCUT2D eigenvalue weighted by Crippen LogP contribution is -2.19. The molecule has 0 unspecified atom stereocenters. The third-order valence-electron chi connectivity index (χ3n) is 2.27. The molecule has 0 atom stereocenters. The predicted molar refractivity (Wildman–Crippen MR) is 63.3 cm³/mol. The van der Waals surface area contributed by atoms with Crippen LogP contribution in [0.4, 0.5) is 0 Å². The minimum Gasteiger partial charge on any atom is -0.493 e. The molecule has 1 aromatic heterocycles. The molecule has 0 saturated carbocycles. The topological polar surface area (TPSA) is 77.8 Å². The first-order valence-corrected chi connectivity index (χ1v) is 5.70. The van der Waals surface area contributed by atoms with Gasteiger partial charge in [-0.2, -0.15) is 0 Å². The molecule has 6 heteroatoms. The average molecular weight is 245 g/mol. The lowest BCUT2D eigenvalue weighted by Gasteiger charge is -1.88. The highest BCUT2D eigenvalue weighted by molar-refractivity contribution is 7.10. The summed E-state index contributed by atoms with van der Waals surface area (Å²) in [4.78, 5) is 22.0. The Morgan fingerprint density at radius 3 is 2.41 bits per heavy atom. The molecular formula is C11H7N3O2S. The number of aromatic nitrogens is 1. The van der Waals surface area contributed by atoms with Crippen molar-refractivity contribution in [2.75, 3.05) is 0 Å². The SMILES string of the molecule is O=c1[nH]c(O)c(C=C2N=c3ccccc3=N2)s1. The standard InChI is InChI=1S/C11H7N3O2S/c15-10-8(17-11(16)14-10)5-9-12-6-3-1-2-4-7(6)13-9/h1-5,15H,(H,14,16). The fraction of sp³-hybridized carbons (Fsp3) is 0. The van der Waals surface area contributed by atoms with Crippen molar-refractivity contribution >= 4 is 17.4 Å². The summed E-state index contributed by atoms with van der Waals surface area (Å²) in [5.41, 5.74) is 0. The van der Waals surface area contributed by atoms with Crippen LogP contribution in [0.2, 0.25) is 0 Å². The van der Waals surface area contributed by atoms with Crippen LogP contribution < -0.4 is 15.6 Å². The first-order chi connectivity index (χ1) is 8.22. The third-order valence-corrected chi connectivity index (χ3v) is 3.09. The Balaban J connectivity index is 2.12. The van der Waals surface area contributed by atoms with E-state index in [0.717, 1.165) is 22.1 Å². The number of fused-ring (bicyclic) bond motifs is 1. The van der Waals surface area contributed by atoms with E-state index in [4.69, 9.17) is 0 Å². The number of hydrogen-bond donors (Lipinski definition) is 2. The number of aromatic amines is 1. The summed E-state index contributed by atoms with van der Waals surface area (Å²) in [5.74, 6) is 0.339. The minimum absolute atomic E-state index is 0.145. The van der Waals surface area contributed by atoms with Gasteiger partial charge in [-0.15, -0.1) is 0 Å². The molecule has 2 aromatic rings. The molecule has 84 valence electrons. The number of H-pyrrole nitrogens is 1. The highest BCUT2D eigenvalue weighted by atomic mass is 32.1. The normalized spacial score (nSPS) is 12.8. The summed E-state index contributed by atoms with van der Waals surface area (Å²) >= 11 is 0.922. The first-order valence-electron chi connectivity index (χ1n) is 4.89. The molecule has 1 aliphatic rings. The zero-order chi connectivity index (χ0) is 11.8. The molecule has 0 fully saturated rings. The van der Waals surface area contributed by atoms with Crippen LogP contribution in [0.3, 0.4) is 0 Å². The van der Waals surface area contributed by atoms with Gasteiger partial charge in [-0.25, -0.2) is 9.98 Å². The average Bonchev–Trinajstić information content (AvgIpc) is 2.82. The van der Waals surface area contributed by atoms with Gasteiger partial charge in [0, 0.05) is 6.08 Å². The van der Waals surface area contributed by atoms with Gasteiger partial charge < -0.3 is 5.11 Å². The van der Waals surface area contributed by atoms with Gasteiger partial charge in [0.25, 0.3) is 0 Å². The van der Waals surface area contributed by atoms with Gasteiger partial charge in [0.15, 0.2) is 5.82 Å². The fourth-order valence-electron chi connectivity index (χ4n) is 1.54. The summed E-state index contributed by atoms with van der Waals surface area (Å²) in [6.07, 6.45) is 1.58. The molecule has 0 aliphatic carbocycles. The molecule has 0 saturated heterocycles. The highest BCUT2D eigenvalue weighted by Crippen LogP contribution is 2.20. The van der Waals surface area contributed by atoms with Crippen LogP contribution in [-0.2, 0) is 0 Å². The van der Waals surface area contributed by atoms with Crippen LogP contribution in [0.15, 0.2) is 44.9 Å². The van der Waals surface area contributed by atoms with Gasteiger partial charge in [0.05, 0.1) is 15.6 Å². The molecule has 17 heavy (non-hydrogen) atoms. The molecule has 1 aliphatic heterocycles. The maximum absolute atomic E-state index is 11.0. The van der Waals surface area contributed by atoms with Crippen molar-refractivity contribution < 1.29 is 5.11 Å². The smallest absolute Gasteiger partial charge is 0.307 e. The summed E-state index contributed by atoms with van der Waals surface area (Å²) < 4.78 is 0. The summed E-state index contributed by atoms with van der Waals surface area (Å²) in [5, 5.41) is 11.0. The Bertz CT molecular complexity index is 749. The number of thiazole rings is 1. The van der Waals surface area contributed by atoms with Gasteiger partial charge in [-0.3, -0.25) is 9.78 Å². The molecule has 0 bridgehead atoms.